The normalized spacial score (nSPS) is 18.8. The summed E-state index contributed by atoms with van der Waals surface area (Å²) in [7, 11) is 1.66. The van der Waals surface area contributed by atoms with Crippen molar-refractivity contribution in [2.45, 2.75) is 38.6 Å². The first kappa shape index (κ1) is 12.4. The van der Waals surface area contributed by atoms with Crippen LogP contribution in [0, 0.1) is 5.92 Å². The Hall–Kier alpha value is -1.06. The Labute approximate surface area is 102 Å². The molecule has 0 radical (unpaired) electrons. The van der Waals surface area contributed by atoms with Gasteiger partial charge < -0.3 is 14.6 Å². The van der Waals surface area contributed by atoms with E-state index in [-0.39, 0.29) is 6.10 Å². The monoisotopic (exact) mass is 236 g/mol. The van der Waals surface area contributed by atoms with Gasteiger partial charge in [0.1, 0.15) is 5.75 Å². The summed E-state index contributed by atoms with van der Waals surface area (Å²) in [6.45, 7) is 2.29. The van der Waals surface area contributed by atoms with Crippen LogP contribution in [0.25, 0.3) is 0 Å². The summed E-state index contributed by atoms with van der Waals surface area (Å²) in [4.78, 5) is 0. The lowest BCUT2D eigenvalue weighted by atomic mass is 10.1. The molecule has 2 unspecified atom stereocenters. The molecule has 1 aliphatic carbocycles. The van der Waals surface area contributed by atoms with Crippen LogP contribution in [0.3, 0.4) is 0 Å². The lowest BCUT2D eigenvalue weighted by molar-refractivity contribution is -0.0503. The maximum absolute atomic E-state index is 9.67. The van der Waals surface area contributed by atoms with Gasteiger partial charge in [0, 0.05) is 5.56 Å². The molecule has 3 nitrogen and oxygen atoms in total. The van der Waals surface area contributed by atoms with Crippen molar-refractivity contribution >= 4 is 0 Å². The van der Waals surface area contributed by atoms with Crippen LogP contribution in [-0.2, 0) is 11.3 Å². The van der Waals surface area contributed by atoms with Crippen molar-refractivity contribution in [1.29, 1.82) is 0 Å². The summed E-state index contributed by atoms with van der Waals surface area (Å²) in [5.74, 6) is 1.37. The fraction of sp³-hybridized carbons (Fsp3) is 0.571. The molecule has 1 N–H and O–H groups in total. The van der Waals surface area contributed by atoms with Gasteiger partial charge in [0.05, 0.1) is 25.9 Å². The molecule has 0 spiro atoms. The van der Waals surface area contributed by atoms with Crippen LogP contribution in [0.1, 0.15) is 25.3 Å². The molecule has 0 bridgehead atoms. The predicted molar refractivity (Wildman–Crippen MR) is 66.0 cm³/mol. The van der Waals surface area contributed by atoms with Gasteiger partial charge in [-0.25, -0.2) is 0 Å². The van der Waals surface area contributed by atoms with Gasteiger partial charge in [-0.3, -0.25) is 0 Å². The highest BCUT2D eigenvalue weighted by molar-refractivity contribution is 5.32. The minimum absolute atomic E-state index is 0.0417. The summed E-state index contributed by atoms with van der Waals surface area (Å²) < 4.78 is 11.1. The molecule has 17 heavy (non-hydrogen) atoms. The van der Waals surface area contributed by atoms with Gasteiger partial charge in [0.15, 0.2) is 0 Å². The van der Waals surface area contributed by atoms with Gasteiger partial charge >= 0.3 is 0 Å². The Balaban J connectivity index is 1.96. The van der Waals surface area contributed by atoms with Gasteiger partial charge in [0.25, 0.3) is 0 Å². The summed E-state index contributed by atoms with van der Waals surface area (Å²) in [6, 6.07) is 7.82. The second-order valence-electron chi connectivity index (χ2n) is 4.67. The second-order valence-corrected chi connectivity index (χ2v) is 4.67. The van der Waals surface area contributed by atoms with E-state index in [9.17, 15) is 5.11 Å². The first-order valence-corrected chi connectivity index (χ1v) is 6.14. The number of aliphatic hydroxyl groups is 1. The van der Waals surface area contributed by atoms with Crippen LogP contribution < -0.4 is 4.74 Å². The first-order valence-electron chi connectivity index (χ1n) is 6.14. The third kappa shape index (κ3) is 3.20. The van der Waals surface area contributed by atoms with Crippen LogP contribution >= 0.6 is 0 Å². The highest BCUT2D eigenvalue weighted by Crippen LogP contribution is 2.36. The van der Waals surface area contributed by atoms with Crippen LogP contribution in [0.15, 0.2) is 24.3 Å². The molecule has 0 amide bonds. The van der Waals surface area contributed by atoms with E-state index in [1.807, 2.05) is 24.3 Å². The number of hydrogen-bond acceptors (Lipinski definition) is 3. The molecule has 0 aliphatic heterocycles. The lowest BCUT2D eigenvalue weighted by Gasteiger charge is -2.20. The van der Waals surface area contributed by atoms with Crippen molar-refractivity contribution in [2.24, 2.45) is 5.92 Å². The van der Waals surface area contributed by atoms with Crippen molar-refractivity contribution < 1.29 is 14.6 Å². The Morgan fingerprint density at radius 3 is 2.65 bits per heavy atom. The third-order valence-electron chi connectivity index (χ3n) is 3.19. The molecule has 0 saturated heterocycles. The van der Waals surface area contributed by atoms with Crippen molar-refractivity contribution in [3.63, 3.8) is 0 Å². The Morgan fingerprint density at radius 2 is 2.06 bits per heavy atom. The molecule has 1 aromatic rings. The molecule has 1 saturated carbocycles. The number of aliphatic hydroxyl groups excluding tert-OH is 1. The minimum Gasteiger partial charge on any atom is -0.496 e. The number of rotatable bonds is 6. The molecule has 0 heterocycles. The van der Waals surface area contributed by atoms with E-state index >= 15 is 0 Å². The molecule has 2 atom stereocenters. The lowest BCUT2D eigenvalue weighted by Crippen LogP contribution is -2.28. The topological polar surface area (TPSA) is 38.7 Å². The quantitative estimate of drug-likeness (QED) is 0.824. The zero-order valence-corrected chi connectivity index (χ0v) is 10.4. The molecule has 1 aromatic carbocycles. The fourth-order valence-electron chi connectivity index (χ4n) is 2.10. The minimum atomic E-state index is -0.405. The maximum atomic E-state index is 9.67. The zero-order chi connectivity index (χ0) is 12.3. The van der Waals surface area contributed by atoms with Crippen LogP contribution in [0.2, 0.25) is 0 Å². The fourth-order valence-corrected chi connectivity index (χ4v) is 2.10. The molecule has 94 valence electrons. The van der Waals surface area contributed by atoms with E-state index in [1.165, 1.54) is 12.8 Å². The first-order chi connectivity index (χ1) is 8.22. The highest BCUT2D eigenvalue weighted by Gasteiger charge is 2.35. The van der Waals surface area contributed by atoms with E-state index in [0.717, 1.165) is 11.3 Å². The standard InChI is InChI=1S/C14H20O3/c1-10(15)14(11-7-8-11)17-9-12-5-3-4-6-13(12)16-2/h3-6,10-11,14-15H,7-9H2,1-2H3. The molecular formula is C14H20O3. The van der Waals surface area contributed by atoms with Gasteiger partial charge in [-0.15, -0.1) is 0 Å². The summed E-state index contributed by atoms with van der Waals surface area (Å²) in [5.41, 5.74) is 1.03. The van der Waals surface area contributed by atoms with Crippen LogP contribution in [0.5, 0.6) is 5.75 Å². The SMILES string of the molecule is COc1ccccc1COC(C(C)O)C1CC1. The van der Waals surface area contributed by atoms with Crippen LogP contribution in [0.4, 0.5) is 0 Å². The van der Waals surface area contributed by atoms with E-state index in [1.54, 1.807) is 14.0 Å². The predicted octanol–water partition coefficient (Wildman–Crippen LogP) is 2.37. The Bertz CT molecular complexity index is 356. The van der Waals surface area contributed by atoms with Gasteiger partial charge in [-0.05, 0) is 31.7 Å². The average molecular weight is 236 g/mol. The third-order valence-corrected chi connectivity index (χ3v) is 3.19. The average Bonchev–Trinajstić information content (AvgIpc) is 3.14. The Morgan fingerprint density at radius 1 is 1.35 bits per heavy atom. The largest absolute Gasteiger partial charge is 0.496 e. The molecule has 2 rings (SSSR count). The summed E-state index contributed by atoms with van der Waals surface area (Å²) in [5, 5.41) is 9.67. The van der Waals surface area contributed by atoms with Crippen molar-refractivity contribution in [3.8, 4) is 5.75 Å². The van der Waals surface area contributed by atoms with Gasteiger partial charge in [0.2, 0.25) is 0 Å². The number of methoxy groups -OCH3 is 1. The van der Waals surface area contributed by atoms with Gasteiger partial charge in [-0.2, -0.15) is 0 Å². The van der Waals surface area contributed by atoms with E-state index in [4.69, 9.17) is 9.47 Å². The number of para-hydroxylation sites is 1. The smallest absolute Gasteiger partial charge is 0.124 e. The van der Waals surface area contributed by atoms with Crippen LogP contribution in [-0.4, -0.2) is 24.4 Å². The molecule has 3 heteroatoms. The van der Waals surface area contributed by atoms with Gasteiger partial charge in [-0.1, -0.05) is 18.2 Å². The van der Waals surface area contributed by atoms with E-state index in [0.29, 0.717) is 12.5 Å². The Kier molecular flexibility index (Phi) is 4.02. The maximum Gasteiger partial charge on any atom is 0.124 e. The van der Waals surface area contributed by atoms with Crippen molar-refractivity contribution in [1.82, 2.24) is 0 Å². The molecule has 0 aromatic heterocycles. The zero-order valence-electron chi connectivity index (χ0n) is 10.4. The number of ether oxygens (including phenoxy) is 2. The molecule has 1 fully saturated rings. The molecular weight excluding hydrogens is 216 g/mol. The number of benzene rings is 1. The second kappa shape index (κ2) is 5.52. The van der Waals surface area contributed by atoms with E-state index in [2.05, 4.69) is 0 Å². The summed E-state index contributed by atoms with van der Waals surface area (Å²) in [6.07, 6.45) is 1.89. The number of hydrogen-bond donors (Lipinski definition) is 1. The molecule has 1 aliphatic rings. The van der Waals surface area contributed by atoms with Crippen molar-refractivity contribution in [2.75, 3.05) is 7.11 Å². The highest BCUT2D eigenvalue weighted by atomic mass is 16.5. The van der Waals surface area contributed by atoms with E-state index < -0.39 is 6.10 Å². The van der Waals surface area contributed by atoms with Crippen molar-refractivity contribution in [3.05, 3.63) is 29.8 Å². The summed E-state index contributed by atoms with van der Waals surface area (Å²) >= 11 is 0.